The van der Waals surface area contributed by atoms with E-state index in [4.69, 9.17) is 9.52 Å². The van der Waals surface area contributed by atoms with Gasteiger partial charge in [-0.25, -0.2) is 0 Å². The summed E-state index contributed by atoms with van der Waals surface area (Å²) in [6.07, 6.45) is 5.30. The highest BCUT2D eigenvalue weighted by atomic mass is 16.3. The van der Waals surface area contributed by atoms with Gasteiger partial charge < -0.3 is 19.4 Å². The number of carbonyl (C=O) groups is 1. The molecule has 2 aromatic heterocycles. The minimum atomic E-state index is 0.0341. The van der Waals surface area contributed by atoms with Crippen molar-refractivity contribution < 1.29 is 14.3 Å². The lowest BCUT2D eigenvalue weighted by molar-refractivity contribution is 0.0719. The number of aliphatic hydroxyl groups excluding tert-OH is 1. The quantitative estimate of drug-likeness (QED) is 0.887. The maximum Gasteiger partial charge on any atom is 0.270 e. The van der Waals surface area contributed by atoms with Crippen LogP contribution in [0, 0.1) is 0 Å². The van der Waals surface area contributed by atoms with Crippen LogP contribution < -0.4 is 0 Å². The van der Waals surface area contributed by atoms with Gasteiger partial charge in [-0.15, -0.1) is 0 Å². The SMILES string of the molecule is O=C(c1cc2occc2[nH]1)N1CCCC1CCCO. The molecule has 1 saturated heterocycles. The molecule has 0 spiro atoms. The minimum Gasteiger partial charge on any atom is -0.463 e. The van der Waals surface area contributed by atoms with Gasteiger partial charge >= 0.3 is 0 Å². The van der Waals surface area contributed by atoms with Crippen LogP contribution in [0.2, 0.25) is 0 Å². The molecule has 0 saturated carbocycles. The topological polar surface area (TPSA) is 69.5 Å². The van der Waals surface area contributed by atoms with E-state index in [-0.39, 0.29) is 18.6 Å². The fraction of sp³-hybridized carbons (Fsp3) is 0.500. The number of hydrogen-bond donors (Lipinski definition) is 2. The molecule has 1 amide bonds. The molecule has 19 heavy (non-hydrogen) atoms. The normalized spacial score (nSPS) is 19.4. The first-order chi connectivity index (χ1) is 9.29. The van der Waals surface area contributed by atoms with Gasteiger partial charge in [0.25, 0.3) is 5.91 Å². The van der Waals surface area contributed by atoms with Crippen LogP contribution in [0.3, 0.4) is 0 Å². The van der Waals surface area contributed by atoms with E-state index in [1.54, 1.807) is 12.3 Å². The first kappa shape index (κ1) is 12.3. The Morgan fingerprint density at radius 2 is 2.47 bits per heavy atom. The van der Waals surface area contributed by atoms with Gasteiger partial charge in [-0.2, -0.15) is 0 Å². The Morgan fingerprint density at radius 3 is 3.26 bits per heavy atom. The fourth-order valence-electron chi connectivity index (χ4n) is 2.85. The monoisotopic (exact) mass is 262 g/mol. The van der Waals surface area contributed by atoms with Crippen molar-refractivity contribution in [1.82, 2.24) is 9.88 Å². The second-order valence-corrected chi connectivity index (χ2v) is 5.04. The maximum atomic E-state index is 12.5. The van der Waals surface area contributed by atoms with Crippen molar-refractivity contribution in [3.05, 3.63) is 24.1 Å². The molecule has 0 aromatic carbocycles. The first-order valence-electron chi connectivity index (χ1n) is 6.77. The molecule has 0 bridgehead atoms. The third-order valence-corrected chi connectivity index (χ3v) is 3.80. The zero-order valence-electron chi connectivity index (χ0n) is 10.8. The van der Waals surface area contributed by atoms with Crippen LogP contribution in [0.4, 0.5) is 0 Å². The number of furan rings is 1. The molecule has 3 rings (SSSR count). The molecule has 0 radical (unpaired) electrons. The van der Waals surface area contributed by atoms with E-state index in [9.17, 15) is 4.79 Å². The van der Waals surface area contributed by atoms with Crippen molar-refractivity contribution in [2.24, 2.45) is 0 Å². The molecular weight excluding hydrogens is 244 g/mol. The van der Waals surface area contributed by atoms with Gasteiger partial charge in [0.05, 0.1) is 11.8 Å². The Balaban J connectivity index is 1.77. The Hall–Kier alpha value is -1.75. The molecule has 5 heteroatoms. The predicted molar refractivity (Wildman–Crippen MR) is 70.9 cm³/mol. The van der Waals surface area contributed by atoms with Gasteiger partial charge in [0.1, 0.15) is 5.69 Å². The van der Waals surface area contributed by atoms with Crippen molar-refractivity contribution in [3.8, 4) is 0 Å². The number of rotatable bonds is 4. The highest BCUT2D eigenvalue weighted by Gasteiger charge is 2.29. The summed E-state index contributed by atoms with van der Waals surface area (Å²) in [5.74, 6) is 0.0341. The summed E-state index contributed by atoms with van der Waals surface area (Å²) in [7, 11) is 0. The van der Waals surface area contributed by atoms with E-state index >= 15 is 0 Å². The largest absolute Gasteiger partial charge is 0.463 e. The fourth-order valence-corrected chi connectivity index (χ4v) is 2.85. The molecule has 2 aromatic rings. The lowest BCUT2D eigenvalue weighted by Crippen LogP contribution is -2.35. The van der Waals surface area contributed by atoms with Gasteiger partial charge in [-0.05, 0) is 25.7 Å². The van der Waals surface area contributed by atoms with Gasteiger partial charge in [0, 0.05) is 31.3 Å². The van der Waals surface area contributed by atoms with Crippen LogP contribution >= 0.6 is 0 Å². The Bertz CT molecular complexity index is 544. The Labute approximate surface area is 111 Å². The van der Waals surface area contributed by atoms with E-state index in [1.807, 2.05) is 11.0 Å². The molecule has 1 atom stereocenters. The third kappa shape index (κ3) is 2.26. The number of aromatic nitrogens is 1. The Kier molecular flexibility index (Phi) is 3.29. The summed E-state index contributed by atoms with van der Waals surface area (Å²) >= 11 is 0. The number of aromatic amines is 1. The van der Waals surface area contributed by atoms with Crippen LogP contribution in [0.5, 0.6) is 0 Å². The average Bonchev–Trinajstić information content (AvgIpc) is 3.09. The first-order valence-corrected chi connectivity index (χ1v) is 6.77. The standard InChI is InChI=1S/C14H18N2O3/c17-7-2-4-10-3-1-6-16(10)14(18)12-9-13-11(15-12)5-8-19-13/h5,8-10,15,17H,1-4,6-7H2. The van der Waals surface area contributed by atoms with Crippen LogP contribution in [0.15, 0.2) is 22.8 Å². The van der Waals surface area contributed by atoms with E-state index in [0.29, 0.717) is 5.69 Å². The zero-order valence-corrected chi connectivity index (χ0v) is 10.8. The number of nitrogens with one attached hydrogen (secondary N) is 1. The number of likely N-dealkylation sites (tertiary alicyclic amines) is 1. The molecule has 102 valence electrons. The predicted octanol–water partition coefficient (Wildman–Crippen LogP) is 2.14. The lowest BCUT2D eigenvalue weighted by Gasteiger charge is -2.24. The van der Waals surface area contributed by atoms with Gasteiger partial charge in [0.2, 0.25) is 0 Å². The van der Waals surface area contributed by atoms with Crippen LogP contribution in [0.1, 0.15) is 36.2 Å². The number of hydrogen-bond acceptors (Lipinski definition) is 3. The number of amides is 1. The maximum absolute atomic E-state index is 12.5. The molecule has 1 fully saturated rings. The smallest absolute Gasteiger partial charge is 0.270 e. The van der Waals surface area contributed by atoms with Crippen LogP contribution in [-0.4, -0.2) is 40.1 Å². The molecular formula is C14H18N2O3. The molecule has 1 aliphatic rings. The Morgan fingerprint density at radius 1 is 1.58 bits per heavy atom. The molecule has 3 heterocycles. The number of fused-ring (bicyclic) bond motifs is 1. The third-order valence-electron chi connectivity index (χ3n) is 3.80. The van der Waals surface area contributed by atoms with Gasteiger partial charge in [0.15, 0.2) is 5.58 Å². The number of carbonyl (C=O) groups excluding carboxylic acids is 1. The molecule has 1 unspecified atom stereocenters. The average molecular weight is 262 g/mol. The van der Waals surface area contributed by atoms with Gasteiger partial charge in [-0.1, -0.05) is 0 Å². The van der Waals surface area contributed by atoms with Crippen molar-refractivity contribution in [1.29, 1.82) is 0 Å². The molecule has 2 N–H and O–H groups in total. The van der Waals surface area contributed by atoms with E-state index in [1.165, 1.54) is 0 Å². The summed E-state index contributed by atoms with van der Waals surface area (Å²) in [4.78, 5) is 17.5. The lowest BCUT2D eigenvalue weighted by atomic mass is 10.1. The molecule has 1 aliphatic heterocycles. The van der Waals surface area contributed by atoms with Crippen LogP contribution in [-0.2, 0) is 0 Å². The zero-order chi connectivity index (χ0) is 13.2. The summed E-state index contributed by atoms with van der Waals surface area (Å²) in [5, 5.41) is 8.91. The second-order valence-electron chi connectivity index (χ2n) is 5.04. The summed E-state index contributed by atoms with van der Waals surface area (Å²) in [6.45, 7) is 0.989. The second kappa shape index (κ2) is 5.09. The van der Waals surface area contributed by atoms with Gasteiger partial charge in [-0.3, -0.25) is 4.79 Å². The van der Waals surface area contributed by atoms with E-state index in [2.05, 4.69) is 4.98 Å². The minimum absolute atomic E-state index is 0.0341. The number of aliphatic hydroxyl groups is 1. The number of nitrogens with zero attached hydrogens (tertiary/aromatic N) is 1. The molecule has 5 nitrogen and oxygen atoms in total. The number of H-pyrrole nitrogens is 1. The highest BCUT2D eigenvalue weighted by molar-refractivity contribution is 5.97. The van der Waals surface area contributed by atoms with Crippen molar-refractivity contribution in [2.45, 2.75) is 31.7 Å². The van der Waals surface area contributed by atoms with E-state index < -0.39 is 0 Å². The summed E-state index contributed by atoms with van der Waals surface area (Å²) in [5.41, 5.74) is 2.16. The summed E-state index contributed by atoms with van der Waals surface area (Å²) < 4.78 is 5.27. The van der Waals surface area contributed by atoms with E-state index in [0.717, 1.165) is 43.3 Å². The summed E-state index contributed by atoms with van der Waals surface area (Å²) in [6, 6.07) is 3.84. The van der Waals surface area contributed by atoms with Crippen molar-refractivity contribution >= 4 is 17.0 Å². The van der Waals surface area contributed by atoms with Crippen molar-refractivity contribution in [2.75, 3.05) is 13.2 Å². The van der Waals surface area contributed by atoms with Crippen LogP contribution in [0.25, 0.3) is 11.1 Å². The van der Waals surface area contributed by atoms with Crippen molar-refractivity contribution in [3.63, 3.8) is 0 Å². The highest BCUT2D eigenvalue weighted by Crippen LogP contribution is 2.25. The molecule has 0 aliphatic carbocycles.